The minimum atomic E-state index is -2.45. The molecule has 0 atom stereocenters. The maximum absolute atomic E-state index is 12.6. The second kappa shape index (κ2) is 1.71. The molecule has 2 rings (SSSR count). The highest BCUT2D eigenvalue weighted by Crippen LogP contribution is 2.37. The molecule has 10 heavy (non-hydrogen) atoms. The second-order valence-corrected chi connectivity index (χ2v) is 2.94. The van der Waals surface area contributed by atoms with Crippen LogP contribution in [0.1, 0.15) is 12.8 Å². The zero-order chi connectivity index (χ0) is 7.19. The van der Waals surface area contributed by atoms with Gasteiger partial charge in [-0.2, -0.15) is 0 Å². The molecule has 3 heteroatoms. The number of halogens is 2. The molecule has 2 heterocycles. The smallest absolute Gasteiger partial charge is 0.270 e. The molecule has 0 saturated carbocycles. The van der Waals surface area contributed by atoms with Crippen LogP contribution in [0.2, 0.25) is 0 Å². The predicted molar refractivity (Wildman–Crippen MR) is 33.8 cm³/mol. The van der Waals surface area contributed by atoms with E-state index in [2.05, 4.69) is 0 Å². The summed E-state index contributed by atoms with van der Waals surface area (Å²) in [5, 5.41) is 0. The van der Waals surface area contributed by atoms with Gasteiger partial charge in [-0.3, -0.25) is 0 Å². The van der Waals surface area contributed by atoms with Gasteiger partial charge in [-0.1, -0.05) is 6.08 Å². The zero-order valence-corrected chi connectivity index (χ0v) is 5.61. The van der Waals surface area contributed by atoms with Crippen LogP contribution in [0.25, 0.3) is 0 Å². The molecule has 1 saturated heterocycles. The monoisotopic (exact) mass is 145 g/mol. The van der Waals surface area contributed by atoms with Crippen molar-refractivity contribution >= 4 is 0 Å². The standard InChI is InChI=1S/C7H9F2N/c8-7(9)4-6-2-1-3-10(6)5-7/h2H,1,3-5H2. The summed E-state index contributed by atoms with van der Waals surface area (Å²) in [6.07, 6.45) is 2.83. The first-order valence-corrected chi connectivity index (χ1v) is 3.49. The molecule has 0 aromatic carbocycles. The molecule has 0 radical (unpaired) electrons. The summed E-state index contributed by atoms with van der Waals surface area (Å²) >= 11 is 0. The first-order valence-electron chi connectivity index (χ1n) is 3.49. The van der Waals surface area contributed by atoms with E-state index in [1.54, 1.807) is 4.90 Å². The Balaban J connectivity index is 2.19. The largest absolute Gasteiger partial charge is 0.369 e. The minimum absolute atomic E-state index is 0.0347. The second-order valence-electron chi connectivity index (χ2n) is 2.94. The molecule has 1 fully saturated rings. The highest BCUT2D eigenvalue weighted by atomic mass is 19.3. The van der Waals surface area contributed by atoms with Crippen LogP contribution in [0.3, 0.4) is 0 Å². The van der Waals surface area contributed by atoms with E-state index >= 15 is 0 Å². The van der Waals surface area contributed by atoms with Crippen LogP contribution >= 0.6 is 0 Å². The van der Waals surface area contributed by atoms with Crippen LogP contribution in [0.15, 0.2) is 11.8 Å². The van der Waals surface area contributed by atoms with Gasteiger partial charge in [0.05, 0.1) is 13.0 Å². The van der Waals surface area contributed by atoms with Crippen molar-refractivity contribution in [2.24, 2.45) is 0 Å². The predicted octanol–water partition coefficient (Wildman–Crippen LogP) is 1.61. The molecule has 0 aromatic rings. The molecule has 0 aromatic heterocycles. The summed E-state index contributed by atoms with van der Waals surface area (Å²) in [6, 6.07) is 0. The molecule has 0 bridgehead atoms. The van der Waals surface area contributed by atoms with Crippen molar-refractivity contribution in [3.8, 4) is 0 Å². The first-order chi connectivity index (χ1) is 4.67. The molecule has 0 amide bonds. The van der Waals surface area contributed by atoms with Gasteiger partial charge in [-0.05, 0) is 6.42 Å². The van der Waals surface area contributed by atoms with Crippen molar-refractivity contribution in [2.45, 2.75) is 18.8 Å². The number of allylic oxidation sites excluding steroid dienone is 1. The number of rotatable bonds is 0. The lowest BCUT2D eigenvalue weighted by Crippen LogP contribution is -2.23. The molecule has 0 N–H and O–H groups in total. The highest BCUT2D eigenvalue weighted by molar-refractivity contribution is 5.15. The van der Waals surface area contributed by atoms with Crippen molar-refractivity contribution in [2.75, 3.05) is 13.1 Å². The third-order valence-electron chi connectivity index (χ3n) is 2.05. The van der Waals surface area contributed by atoms with E-state index in [9.17, 15) is 8.78 Å². The lowest BCUT2D eigenvalue weighted by molar-refractivity contribution is 0.0124. The lowest BCUT2D eigenvalue weighted by atomic mass is 10.2. The van der Waals surface area contributed by atoms with Gasteiger partial charge < -0.3 is 4.90 Å². The average Bonchev–Trinajstić information content (AvgIpc) is 2.20. The van der Waals surface area contributed by atoms with E-state index in [0.29, 0.717) is 0 Å². The normalized spacial score (nSPS) is 28.6. The summed E-state index contributed by atoms with van der Waals surface area (Å²) in [6.45, 7) is 0.740. The fraction of sp³-hybridized carbons (Fsp3) is 0.714. The van der Waals surface area contributed by atoms with Gasteiger partial charge in [0, 0.05) is 12.2 Å². The Morgan fingerprint density at radius 2 is 2.30 bits per heavy atom. The number of hydrogen-bond donors (Lipinski definition) is 0. The van der Waals surface area contributed by atoms with Crippen LogP contribution in [-0.2, 0) is 0 Å². The molecule has 1 nitrogen and oxygen atoms in total. The van der Waals surface area contributed by atoms with Gasteiger partial charge >= 0.3 is 0 Å². The van der Waals surface area contributed by atoms with Crippen molar-refractivity contribution in [1.29, 1.82) is 0 Å². The van der Waals surface area contributed by atoms with Crippen molar-refractivity contribution < 1.29 is 8.78 Å². The fourth-order valence-corrected chi connectivity index (χ4v) is 1.62. The van der Waals surface area contributed by atoms with E-state index in [-0.39, 0.29) is 13.0 Å². The Hall–Kier alpha value is -0.600. The quantitative estimate of drug-likeness (QED) is 0.500. The van der Waals surface area contributed by atoms with Crippen LogP contribution in [0.5, 0.6) is 0 Å². The Kier molecular flexibility index (Phi) is 1.05. The molecular weight excluding hydrogens is 136 g/mol. The van der Waals surface area contributed by atoms with E-state index in [4.69, 9.17) is 0 Å². The van der Waals surface area contributed by atoms with E-state index in [1.165, 1.54) is 0 Å². The van der Waals surface area contributed by atoms with E-state index in [0.717, 1.165) is 18.7 Å². The summed E-state index contributed by atoms with van der Waals surface area (Å²) < 4.78 is 25.2. The van der Waals surface area contributed by atoms with Gasteiger partial charge in [0.1, 0.15) is 0 Å². The van der Waals surface area contributed by atoms with Crippen molar-refractivity contribution in [3.05, 3.63) is 11.8 Å². The molecule has 2 aliphatic rings. The number of alkyl halides is 2. The Bertz CT molecular complexity index is 186. The first kappa shape index (κ1) is 6.13. The van der Waals surface area contributed by atoms with Crippen LogP contribution in [-0.4, -0.2) is 23.9 Å². The molecular formula is C7H9F2N. The maximum Gasteiger partial charge on any atom is 0.270 e. The number of hydrogen-bond acceptors (Lipinski definition) is 1. The molecule has 0 spiro atoms. The topological polar surface area (TPSA) is 3.24 Å². The van der Waals surface area contributed by atoms with Crippen LogP contribution in [0, 0.1) is 0 Å². The maximum atomic E-state index is 12.6. The Morgan fingerprint density at radius 1 is 1.50 bits per heavy atom. The van der Waals surface area contributed by atoms with Gasteiger partial charge in [-0.25, -0.2) is 8.78 Å². The van der Waals surface area contributed by atoms with Gasteiger partial charge in [0.25, 0.3) is 5.92 Å². The third-order valence-corrected chi connectivity index (χ3v) is 2.05. The Labute approximate surface area is 58.3 Å². The zero-order valence-electron chi connectivity index (χ0n) is 5.61. The summed E-state index contributed by atoms with van der Waals surface area (Å²) in [7, 11) is 0. The lowest BCUT2D eigenvalue weighted by Gasteiger charge is -2.12. The van der Waals surface area contributed by atoms with Crippen LogP contribution in [0.4, 0.5) is 8.78 Å². The number of fused-ring (bicyclic) bond motifs is 1. The van der Waals surface area contributed by atoms with Gasteiger partial charge in [-0.15, -0.1) is 0 Å². The molecule has 56 valence electrons. The summed E-state index contributed by atoms with van der Waals surface area (Å²) in [5.41, 5.74) is 0.852. The summed E-state index contributed by atoms with van der Waals surface area (Å²) in [5.74, 6) is -2.45. The van der Waals surface area contributed by atoms with E-state index in [1.807, 2.05) is 6.08 Å². The highest BCUT2D eigenvalue weighted by Gasteiger charge is 2.42. The number of nitrogens with zero attached hydrogens (tertiary/aromatic N) is 1. The molecule has 0 aliphatic carbocycles. The molecule has 2 aliphatic heterocycles. The fourth-order valence-electron chi connectivity index (χ4n) is 1.62. The van der Waals surface area contributed by atoms with Crippen molar-refractivity contribution in [1.82, 2.24) is 4.90 Å². The average molecular weight is 145 g/mol. The van der Waals surface area contributed by atoms with E-state index < -0.39 is 5.92 Å². The van der Waals surface area contributed by atoms with Crippen molar-refractivity contribution in [3.63, 3.8) is 0 Å². The third kappa shape index (κ3) is 0.805. The van der Waals surface area contributed by atoms with Gasteiger partial charge in [0.2, 0.25) is 0 Å². The SMILES string of the molecule is FC1(F)CC2=CCCN2C1. The van der Waals surface area contributed by atoms with Gasteiger partial charge in [0.15, 0.2) is 0 Å². The Morgan fingerprint density at radius 3 is 3.00 bits per heavy atom. The van der Waals surface area contributed by atoms with Crippen LogP contribution < -0.4 is 0 Å². The minimum Gasteiger partial charge on any atom is -0.369 e. The molecule has 0 unspecified atom stereocenters. The summed E-state index contributed by atoms with van der Waals surface area (Å²) in [4.78, 5) is 1.78.